The van der Waals surface area contributed by atoms with Gasteiger partial charge in [-0.15, -0.1) is 0 Å². The SMILES string of the molecule is O=C(N[C@@H](CNC(=O)N1CCC2(CC1)C(=O)N(Cc1ccccc1)CN2c1ccccc1)C(=O)O)C1C2CC3CC(C2)CC1C3. The van der Waals surface area contributed by atoms with Gasteiger partial charge in [-0.3, -0.25) is 9.59 Å². The van der Waals surface area contributed by atoms with E-state index in [1.54, 1.807) is 4.90 Å². The minimum atomic E-state index is -1.19. The van der Waals surface area contributed by atoms with Crippen LogP contribution < -0.4 is 15.5 Å². The highest BCUT2D eigenvalue weighted by Gasteiger charge is 2.54. The predicted octanol–water partition coefficient (Wildman–Crippen LogP) is 3.68. The molecule has 3 N–H and O–H groups in total. The van der Waals surface area contributed by atoms with Crippen LogP contribution >= 0.6 is 0 Å². The zero-order chi connectivity index (χ0) is 31.1. The maximum atomic E-state index is 14.0. The molecular weight excluding hydrogens is 570 g/mol. The lowest BCUT2D eigenvalue weighted by molar-refractivity contribution is -0.146. The van der Waals surface area contributed by atoms with Gasteiger partial charge in [0.1, 0.15) is 11.6 Å². The first-order chi connectivity index (χ1) is 21.8. The third-order valence-electron chi connectivity index (χ3n) is 11.3. The molecule has 238 valence electrons. The largest absolute Gasteiger partial charge is 0.480 e. The van der Waals surface area contributed by atoms with Gasteiger partial charge in [0.25, 0.3) is 0 Å². The summed E-state index contributed by atoms with van der Waals surface area (Å²) in [5.74, 6) is 0.763. The maximum Gasteiger partial charge on any atom is 0.328 e. The summed E-state index contributed by atoms with van der Waals surface area (Å²) in [6.07, 6.45) is 6.51. The van der Waals surface area contributed by atoms with Crippen LogP contribution in [0.4, 0.5) is 10.5 Å². The Bertz CT molecular complexity index is 1400. The number of anilines is 1. The number of hydrogen-bond acceptors (Lipinski definition) is 5. The summed E-state index contributed by atoms with van der Waals surface area (Å²) in [6.45, 7) is 1.51. The van der Waals surface area contributed by atoms with Crippen LogP contribution in [0.3, 0.4) is 0 Å². The molecule has 2 saturated heterocycles. The van der Waals surface area contributed by atoms with E-state index in [0.29, 0.717) is 51.0 Å². The van der Waals surface area contributed by atoms with E-state index in [0.717, 1.165) is 48.8 Å². The molecule has 45 heavy (non-hydrogen) atoms. The molecule has 4 aliphatic carbocycles. The molecule has 8 rings (SSSR count). The quantitative estimate of drug-likeness (QED) is 0.418. The third-order valence-corrected chi connectivity index (χ3v) is 11.3. The molecule has 0 radical (unpaired) electrons. The highest BCUT2D eigenvalue weighted by molar-refractivity contribution is 5.94. The lowest BCUT2D eigenvalue weighted by Gasteiger charge is -2.53. The van der Waals surface area contributed by atoms with Gasteiger partial charge in [-0.25, -0.2) is 9.59 Å². The molecule has 2 aromatic carbocycles. The Kier molecular flexibility index (Phi) is 7.91. The van der Waals surface area contributed by atoms with Gasteiger partial charge in [0.15, 0.2) is 0 Å². The van der Waals surface area contributed by atoms with E-state index in [4.69, 9.17) is 0 Å². The molecule has 2 aromatic rings. The van der Waals surface area contributed by atoms with Gasteiger partial charge in [0.2, 0.25) is 11.8 Å². The lowest BCUT2D eigenvalue weighted by atomic mass is 9.51. The summed E-state index contributed by atoms with van der Waals surface area (Å²) >= 11 is 0. The van der Waals surface area contributed by atoms with E-state index >= 15 is 0 Å². The molecule has 2 aliphatic heterocycles. The summed E-state index contributed by atoms with van der Waals surface area (Å²) in [4.78, 5) is 58.4. The Morgan fingerprint density at radius 3 is 2.07 bits per heavy atom. The summed E-state index contributed by atoms with van der Waals surface area (Å²) in [7, 11) is 0. The number of carboxylic acids is 1. The number of carbonyl (C=O) groups is 4. The lowest BCUT2D eigenvalue weighted by Crippen LogP contribution is -2.59. The van der Waals surface area contributed by atoms with E-state index in [2.05, 4.69) is 15.5 Å². The van der Waals surface area contributed by atoms with E-state index < -0.39 is 17.6 Å². The van der Waals surface area contributed by atoms with Gasteiger partial charge >= 0.3 is 12.0 Å². The van der Waals surface area contributed by atoms with Gasteiger partial charge < -0.3 is 30.4 Å². The van der Waals surface area contributed by atoms with Gasteiger partial charge in [0, 0.05) is 31.2 Å². The first-order valence-corrected chi connectivity index (χ1v) is 16.5. The van der Waals surface area contributed by atoms with Crippen molar-refractivity contribution in [3.8, 4) is 0 Å². The zero-order valence-electron chi connectivity index (χ0n) is 25.6. The number of para-hydroxylation sites is 1. The van der Waals surface area contributed by atoms with Crippen LogP contribution in [0.25, 0.3) is 0 Å². The topological polar surface area (TPSA) is 122 Å². The number of carboxylic acid groups (broad SMARTS) is 1. The molecule has 10 heteroatoms. The average Bonchev–Trinajstić information content (AvgIpc) is 3.29. The van der Waals surface area contributed by atoms with Crippen molar-refractivity contribution in [3.63, 3.8) is 0 Å². The number of rotatable bonds is 8. The predicted molar refractivity (Wildman–Crippen MR) is 168 cm³/mol. The molecule has 6 aliphatic rings. The van der Waals surface area contributed by atoms with Crippen molar-refractivity contribution in [2.45, 2.75) is 63.1 Å². The van der Waals surface area contributed by atoms with Crippen LogP contribution in [0.1, 0.15) is 50.5 Å². The van der Waals surface area contributed by atoms with E-state index in [1.807, 2.05) is 65.6 Å². The third kappa shape index (κ3) is 5.64. The Balaban J connectivity index is 0.974. The number of nitrogens with one attached hydrogen (secondary N) is 2. The van der Waals surface area contributed by atoms with Gasteiger partial charge in [-0.05, 0) is 86.3 Å². The second-order valence-electron chi connectivity index (χ2n) is 14.0. The standard InChI is InChI=1S/C35H43N5O5/c41-31(30-26-16-24-15-25(18-26)19-27(30)17-24)37-29(32(42)43)20-36-34(45)38-13-11-35(12-14-38)33(44)39(21-23-7-3-1-4-8-23)22-40(35)28-9-5-2-6-10-28/h1-10,24-27,29-30H,11-22H2,(H,36,45)(H,37,41)(H,42,43)/t24?,25?,26?,27?,29-,30?/m0/s1. The highest BCUT2D eigenvalue weighted by atomic mass is 16.4. The molecule has 2 heterocycles. The van der Waals surface area contributed by atoms with Crippen molar-refractivity contribution >= 4 is 29.5 Å². The number of nitrogens with zero attached hydrogens (tertiary/aromatic N) is 3. The van der Waals surface area contributed by atoms with Crippen LogP contribution in [0.2, 0.25) is 0 Å². The molecule has 10 nitrogen and oxygen atoms in total. The molecular formula is C35H43N5O5. The number of carbonyl (C=O) groups excluding carboxylic acids is 3. The van der Waals surface area contributed by atoms with E-state index in [1.165, 1.54) is 6.42 Å². The fourth-order valence-electron chi connectivity index (χ4n) is 9.33. The van der Waals surface area contributed by atoms with Gasteiger partial charge in [-0.1, -0.05) is 48.5 Å². The molecule has 4 bridgehead atoms. The first-order valence-electron chi connectivity index (χ1n) is 16.5. The van der Waals surface area contributed by atoms with Crippen LogP contribution in [-0.2, 0) is 20.9 Å². The van der Waals surface area contributed by atoms with Crippen LogP contribution in [0.15, 0.2) is 60.7 Å². The summed E-state index contributed by atoms with van der Waals surface area (Å²) in [5.41, 5.74) is 1.28. The van der Waals surface area contributed by atoms with Crippen LogP contribution in [0, 0.1) is 29.6 Å². The Labute approximate surface area is 264 Å². The molecule has 1 atom stereocenters. The smallest absolute Gasteiger partial charge is 0.328 e. The van der Waals surface area contributed by atoms with Crippen LogP contribution in [-0.4, -0.2) is 76.6 Å². The summed E-state index contributed by atoms with van der Waals surface area (Å²) in [6, 6.07) is 18.3. The van der Waals surface area contributed by atoms with Crippen LogP contribution in [0.5, 0.6) is 0 Å². The number of urea groups is 1. The normalized spacial score (nSPS) is 28.8. The fraction of sp³-hybridized carbons (Fsp3) is 0.543. The van der Waals surface area contributed by atoms with Crippen molar-refractivity contribution < 1.29 is 24.3 Å². The summed E-state index contributed by atoms with van der Waals surface area (Å²) < 4.78 is 0. The average molecular weight is 614 g/mol. The monoisotopic (exact) mass is 613 g/mol. The molecule has 0 aromatic heterocycles. The van der Waals surface area contributed by atoms with Crippen molar-refractivity contribution in [2.24, 2.45) is 29.6 Å². The number of aliphatic carboxylic acids is 1. The molecule has 4 saturated carbocycles. The second-order valence-corrected chi connectivity index (χ2v) is 14.0. The number of hydrogen-bond donors (Lipinski definition) is 3. The number of amides is 4. The van der Waals surface area contributed by atoms with Crippen molar-refractivity contribution in [1.29, 1.82) is 0 Å². The number of benzene rings is 2. The number of likely N-dealkylation sites (tertiary alicyclic amines) is 1. The maximum absolute atomic E-state index is 14.0. The minimum Gasteiger partial charge on any atom is -0.480 e. The number of piperidine rings is 1. The summed E-state index contributed by atoms with van der Waals surface area (Å²) in [5, 5.41) is 15.4. The Hall–Kier alpha value is -4.08. The molecule has 1 spiro atoms. The van der Waals surface area contributed by atoms with Crippen molar-refractivity contribution in [3.05, 3.63) is 66.2 Å². The zero-order valence-corrected chi connectivity index (χ0v) is 25.6. The van der Waals surface area contributed by atoms with Crippen molar-refractivity contribution in [1.82, 2.24) is 20.4 Å². The second kappa shape index (κ2) is 12.0. The van der Waals surface area contributed by atoms with Gasteiger partial charge in [0.05, 0.1) is 13.2 Å². The highest BCUT2D eigenvalue weighted by Crippen LogP contribution is 2.56. The molecule has 0 unspecified atom stereocenters. The van der Waals surface area contributed by atoms with E-state index in [9.17, 15) is 24.3 Å². The molecule has 4 amide bonds. The van der Waals surface area contributed by atoms with Crippen molar-refractivity contribution in [2.75, 3.05) is 31.2 Å². The fourth-order valence-corrected chi connectivity index (χ4v) is 9.33. The first kappa shape index (κ1) is 29.6. The Morgan fingerprint density at radius 2 is 1.47 bits per heavy atom. The Morgan fingerprint density at radius 1 is 0.867 bits per heavy atom. The molecule has 6 fully saturated rings. The minimum absolute atomic E-state index is 0.0636. The van der Waals surface area contributed by atoms with Gasteiger partial charge in [-0.2, -0.15) is 0 Å². The van der Waals surface area contributed by atoms with E-state index in [-0.39, 0.29) is 30.3 Å².